The van der Waals surface area contributed by atoms with Crippen LogP contribution in [0.2, 0.25) is 0 Å². The summed E-state index contributed by atoms with van der Waals surface area (Å²) >= 11 is 1.80. The van der Waals surface area contributed by atoms with Crippen LogP contribution in [0.25, 0.3) is 0 Å². The molecule has 1 N–H and O–H groups in total. The molecule has 0 aliphatic rings. The first kappa shape index (κ1) is 14.8. The number of hydrogen-bond acceptors (Lipinski definition) is 4. The number of carbonyl (C=O) groups is 1. The Morgan fingerprint density at radius 1 is 1.33 bits per heavy atom. The zero-order chi connectivity index (χ0) is 11.7. The predicted molar refractivity (Wildman–Crippen MR) is 66.3 cm³/mol. The van der Waals surface area contributed by atoms with Crippen LogP contribution in [-0.4, -0.2) is 36.7 Å². The van der Waals surface area contributed by atoms with Crippen molar-refractivity contribution in [3.8, 4) is 0 Å². The van der Waals surface area contributed by atoms with Crippen LogP contribution in [-0.2, 0) is 9.53 Å². The highest BCUT2D eigenvalue weighted by molar-refractivity contribution is 7.98. The lowest BCUT2D eigenvalue weighted by atomic mass is 10.1. The molecule has 4 heteroatoms. The normalized spacial score (nSPS) is 14.7. The summed E-state index contributed by atoms with van der Waals surface area (Å²) in [6.45, 7) is 6.42. The number of hydrogen-bond donors (Lipinski definition) is 1. The van der Waals surface area contributed by atoms with Crippen molar-refractivity contribution in [2.45, 2.75) is 45.7 Å². The van der Waals surface area contributed by atoms with Crippen LogP contribution in [0.15, 0.2) is 0 Å². The molecular formula is C11H23NO2S. The monoisotopic (exact) mass is 233 g/mol. The minimum Gasteiger partial charge on any atom is -0.465 e. The van der Waals surface area contributed by atoms with Gasteiger partial charge in [-0.2, -0.15) is 11.8 Å². The molecule has 0 aliphatic carbocycles. The summed E-state index contributed by atoms with van der Waals surface area (Å²) in [6, 6.07) is 0.247. The third-order valence-electron chi connectivity index (χ3n) is 2.28. The van der Waals surface area contributed by atoms with E-state index in [0.29, 0.717) is 12.6 Å². The van der Waals surface area contributed by atoms with Gasteiger partial charge < -0.3 is 10.1 Å². The average Bonchev–Trinajstić information content (AvgIpc) is 2.24. The molecule has 0 aromatic heterocycles. The van der Waals surface area contributed by atoms with Gasteiger partial charge >= 0.3 is 5.97 Å². The van der Waals surface area contributed by atoms with E-state index in [1.54, 1.807) is 11.8 Å². The molecule has 3 nitrogen and oxygen atoms in total. The van der Waals surface area contributed by atoms with Crippen molar-refractivity contribution in [3.05, 3.63) is 0 Å². The summed E-state index contributed by atoms with van der Waals surface area (Å²) in [4.78, 5) is 11.5. The van der Waals surface area contributed by atoms with E-state index >= 15 is 0 Å². The minimum absolute atomic E-state index is 0.125. The summed E-state index contributed by atoms with van der Waals surface area (Å²) in [7, 11) is 0. The largest absolute Gasteiger partial charge is 0.465 e. The SMILES string of the molecule is CCOC(=O)C(CC)NC(CC)CSC. The van der Waals surface area contributed by atoms with Gasteiger partial charge in [-0.05, 0) is 26.0 Å². The van der Waals surface area contributed by atoms with Crippen LogP contribution in [0.4, 0.5) is 0 Å². The van der Waals surface area contributed by atoms with Crippen molar-refractivity contribution in [2.75, 3.05) is 18.6 Å². The third-order valence-corrected chi connectivity index (χ3v) is 3.01. The van der Waals surface area contributed by atoms with Crippen LogP contribution in [0.5, 0.6) is 0 Å². The van der Waals surface area contributed by atoms with Crippen molar-refractivity contribution in [1.29, 1.82) is 0 Å². The quantitative estimate of drug-likeness (QED) is 0.651. The lowest BCUT2D eigenvalue weighted by Gasteiger charge is -2.22. The molecule has 0 aromatic rings. The van der Waals surface area contributed by atoms with E-state index in [2.05, 4.69) is 18.5 Å². The molecular weight excluding hydrogens is 210 g/mol. The first-order valence-corrected chi connectivity index (χ1v) is 7.00. The van der Waals surface area contributed by atoms with Crippen LogP contribution in [0.1, 0.15) is 33.6 Å². The Kier molecular flexibility index (Phi) is 8.91. The average molecular weight is 233 g/mol. The van der Waals surface area contributed by atoms with Gasteiger partial charge in [0.05, 0.1) is 6.61 Å². The molecule has 0 bridgehead atoms. The number of esters is 1. The van der Waals surface area contributed by atoms with Crippen molar-refractivity contribution in [3.63, 3.8) is 0 Å². The Morgan fingerprint density at radius 3 is 2.40 bits per heavy atom. The molecule has 0 fully saturated rings. The second-order valence-corrected chi connectivity index (χ2v) is 4.35. The Bertz CT molecular complexity index is 176. The summed E-state index contributed by atoms with van der Waals surface area (Å²) in [5, 5.41) is 3.34. The molecule has 0 aromatic carbocycles. The standard InChI is InChI=1S/C11H23NO2S/c1-5-9(8-15-4)12-10(6-2)11(13)14-7-3/h9-10,12H,5-8H2,1-4H3. The van der Waals surface area contributed by atoms with Crippen LogP contribution in [0.3, 0.4) is 0 Å². The number of rotatable bonds is 8. The van der Waals surface area contributed by atoms with Gasteiger partial charge in [-0.15, -0.1) is 0 Å². The highest BCUT2D eigenvalue weighted by Crippen LogP contribution is 2.05. The number of thioether (sulfide) groups is 1. The smallest absolute Gasteiger partial charge is 0.323 e. The van der Waals surface area contributed by atoms with Gasteiger partial charge in [0.15, 0.2) is 0 Å². The minimum atomic E-state index is -0.151. The fourth-order valence-corrected chi connectivity index (χ4v) is 2.10. The van der Waals surface area contributed by atoms with Crippen molar-refractivity contribution in [1.82, 2.24) is 5.32 Å². The van der Waals surface area contributed by atoms with Crippen molar-refractivity contribution < 1.29 is 9.53 Å². The number of ether oxygens (including phenoxy) is 1. The van der Waals surface area contributed by atoms with Gasteiger partial charge in [-0.25, -0.2) is 0 Å². The first-order chi connectivity index (χ1) is 7.19. The maximum Gasteiger partial charge on any atom is 0.323 e. The van der Waals surface area contributed by atoms with E-state index in [-0.39, 0.29) is 12.0 Å². The second kappa shape index (κ2) is 9.04. The molecule has 0 heterocycles. The summed E-state index contributed by atoms with van der Waals surface area (Å²) in [5.41, 5.74) is 0. The predicted octanol–water partition coefficient (Wildman–Crippen LogP) is 2.06. The highest BCUT2D eigenvalue weighted by Gasteiger charge is 2.20. The summed E-state index contributed by atoms with van der Waals surface area (Å²) < 4.78 is 5.01. The van der Waals surface area contributed by atoms with Gasteiger partial charge in [0.25, 0.3) is 0 Å². The molecule has 0 amide bonds. The molecule has 2 unspecified atom stereocenters. The lowest BCUT2D eigenvalue weighted by Crippen LogP contribution is -2.44. The molecule has 0 rings (SSSR count). The molecule has 15 heavy (non-hydrogen) atoms. The maximum atomic E-state index is 11.5. The molecule has 90 valence electrons. The Labute approximate surface area is 97.3 Å². The van der Waals surface area contributed by atoms with Crippen LogP contribution >= 0.6 is 11.8 Å². The maximum absolute atomic E-state index is 11.5. The highest BCUT2D eigenvalue weighted by atomic mass is 32.2. The summed E-state index contributed by atoms with van der Waals surface area (Å²) in [6.07, 6.45) is 3.90. The van der Waals surface area contributed by atoms with Gasteiger partial charge in [-0.3, -0.25) is 4.79 Å². The molecule has 0 aliphatic heterocycles. The molecule has 2 atom stereocenters. The molecule has 0 saturated heterocycles. The van der Waals surface area contributed by atoms with E-state index in [1.165, 1.54) is 0 Å². The van der Waals surface area contributed by atoms with Crippen molar-refractivity contribution >= 4 is 17.7 Å². The van der Waals surface area contributed by atoms with Gasteiger partial charge in [0, 0.05) is 11.8 Å². The van der Waals surface area contributed by atoms with Crippen molar-refractivity contribution in [2.24, 2.45) is 0 Å². The van der Waals surface area contributed by atoms with Gasteiger partial charge in [0.1, 0.15) is 6.04 Å². The van der Waals surface area contributed by atoms with E-state index in [1.807, 2.05) is 13.8 Å². The fraction of sp³-hybridized carbons (Fsp3) is 0.909. The van der Waals surface area contributed by atoms with E-state index in [9.17, 15) is 4.79 Å². The Morgan fingerprint density at radius 2 is 2.00 bits per heavy atom. The topological polar surface area (TPSA) is 38.3 Å². The van der Waals surface area contributed by atoms with Gasteiger partial charge in [-0.1, -0.05) is 13.8 Å². The van der Waals surface area contributed by atoms with Crippen LogP contribution in [0, 0.1) is 0 Å². The Balaban J connectivity index is 4.10. The van der Waals surface area contributed by atoms with E-state index in [4.69, 9.17) is 4.74 Å². The summed E-state index contributed by atoms with van der Waals surface area (Å²) in [5.74, 6) is 0.909. The molecule has 0 spiro atoms. The number of carbonyl (C=O) groups excluding carboxylic acids is 1. The zero-order valence-corrected chi connectivity index (χ0v) is 11.0. The van der Waals surface area contributed by atoms with E-state index in [0.717, 1.165) is 18.6 Å². The Hall–Kier alpha value is -0.220. The first-order valence-electron chi connectivity index (χ1n) is 5.61. The second-order valence-electron chi connectivity index (χ2n) is 3.44. The third kappa shape index (κ3) is 6.05. The molecule has 0 saturated carbocycles. The number of nitrogens with one attached hydrogen (secondary N) is 1. The van der Waals surface area contributed by atoms with Crippen LogP contribution < -0.4 is 5.32 Å². The zero-order valence-electron chi connectivity index (χ0n) is 10.2. The van der Waals surface area contributed by atoms with Gasteiger partial charge in [0.2, 0.25) is 0 Å². The van der Waals surface area contributed by atoms with E-state index < -0.39 is 0 Å². The molecule has 0 radical (unpaired) electrons. The fourth-order valence-electron chi connectivity index (χ4n) is 1.36. The lowest BCUT2D eigenvalue weighted by molar-refractivity contribution is -0.145.